The van der Waals surface area contributed by atoms with Crippen molar-refractivity contribution in [2.24, 2.45) is 5.92 Å². The zero-order valence-electron chi connectivity index (χ0n) is 16.1. The number of amides is 1. The smallest absolute Gasteiger partial charge is 0.254 e. The maximum absolute atomic E-state index is 12.9. The number of unbranched alkanes of at least 4 members (excludes halogenated alkanes) is 1. The standard InChI is InChI=1S/C18H35N3O2.2ClH/c1-4-5-12-20(2)15-16-6-13-21(14-7-16)17(22)18(23-3)8-10-19-11-9-18;;/h16,19H,4-15H2,1-3H3;2*1H. The minimum absolute atomic E-state index is 0. The first kappa shape index (κ1) is 24.9. The zero-order valence-corrected chi connectivity index (χ0v) is 17.7. The highest BCUT2D eigenvalue weighted by Gasteiger charge is 2.43. The van der Waals surface area contributed by atoms with Gasteiger partial charge < -0.3 is 19.9 Å². The van der Waals surface area contributed by atoms with Crippen LogP contribution in [0.5, 0.6) is 0 Å². The number of ether oxygens (including phenoxy) is 1. The highest BCUT2D eigenvalue weighted by Crippen LogP contribution is 2.28. The van der Waals surface area contributed by atoms with E-state index in [0.717, 1.165) is 57.8 Å². The van der Waals surface area contributed by atoms with Crippen LogP contribution >= 0.6 is 24.8 Å². The molecule has 2 saturated heterocycles. The summed E-state index contributed by atoms with van der Waals surface area (Å²) in [4.78, 5) is 17.4. The topological polar surface area (TPSA) is 44.8 Å². The molecule has 0 aliphatic carbocycles. The van der Waals surface area contributed by atoms with Gasteiger partial charge in [-0.3, -0.25) is 4.79 Å². The third-order valence-electron chi connectivity index (χ3n) is 5.56. The molecule has 1 amide bonds. The second-order valence-electron chi connectivity index (χ2n) is 7.30. The number of halogens is 2. The van der Waals surface area contributed by atoms with Crippen molar-refractivity contribution < 1.29 is 9.53 Å². The first-order valence-corrected chi connectivity index (χ1v) is 9.35. The number of piperidine rings is 2. The summed E-state index contributed by atoms with van der Waals surface area (Å²) in [6.07, 6.45) is 6.37. The SMILES string of the molecule is CCCCN(C)CC1CCN(C(=O)C2(OC)CCNCC2)CC1.Cl.Cl. The molecule has 7 heteroatoms. The van der Waals surface area contributed by atoms with Crippen molar-refractivity contribution in [3.05, 3.63) is 0 Å². The monoisotopic (exact) mass is 397 g/mol. The van der Waals surface area contributed by atoms with E-state index in [2.05, 4.69) is 29.1 Å². The van der Waals surface area contributed by atoms with Crippen molar-refractivity contribution in [2.75, 3.05) is 53.4 Å². The molecule has 5 nitrogen and oxygen atoms in total. The van der Waals surface area contributed by atoms with E-state index >= 15 is 0 Å². The molecule has 2 aliphatic rings. The fourth-order valence-electron chi connectivity index (χ4n) is 3.90. The van der Waals surface area contributed by atoms with E-state index in [4.69, 9.17) is 4.74 Å². The molecule has 0 aromatic heterocycles. The highest BCUT2D eigenvalue weighted by molar-refractivity contribution is 5.86. The van der Waals surface area contributed by atoms with E-state index in [-0.39, 0.29) is 30.7 Å². The molecular weight excluding hydrogens is 361 g/mol. The van der Waals surface area contributed by atoms with Gasteiger partial charge >= 0.3 is 0 Å². The molecule has 0 bridgehead atoms. The number of nitrogens with one attached hydrogen (secondary N) is 1. The molecule has 2 heterocycles. The highest BCUT2D eigenvalue weighted by atomic mass is 35.5. The number of rotatable bonds is 7. The fourth-order valence-corrected chi connectivity index (χ4v) is 3.90. The molecule has 0 atom stereocenters. The van der Waals surface area contributed by atoms with Crippen LogP contribution < -0.4 is 5.32 Å². The van der Waals surface area contributed by atoms with Crippen molar-refractivity contribution in [1.82, 2.24) is 15.1 Å². The van der Waals surface area contributed by atoms with Gasteiger partial charge in [-0.2, -0.15) is 0 Å². The van der Waals surface area contributed by atoms with Gasteiger partial charge in [0, 0.05) is 26.7 Å². The number of nitrogens with zero attached hydrogens (tertiary/aromatic N) is 2. The third-order valence-corrected chi connectivity index (χ3v) is 5.56. The molecule has 0 unspecified atom stereocenters. The van der Waals surface area contributed by atoms with Crippen LogP contribution in [-0.2, 0) is 9.53 Å². The summed E-state index contributed by atoms with van der Waals surface area (Å²) in [6.45, 7) is 8.13. The van der Waals surface area contributed by atoms with Crippen LogP contribution in [0.15, 0.2) is 0 Å². The summed E-state index contributed by atoms with van der Waals surface area (Å²) < 4.78 is 5.69. The van der Waals surface area contributed by atoms with E-state index in [1.165, 1.54) is 25.9 Å². The van der Waals surface area contributed by atoms with Crippen LogP contribution in [0.2, 0.25) is 0 Å². The van der Waals surface area contributed by atoms with Gasteiger partial charge in [-0.1, -0.05) is 13.3 Å². The Morgan fingerprint density at radius 2 is 1.84 bits per heavy atom. The molecule has 2 aliphatic heterocycles. The Balaban J connectivity index is 0.00000288. The molecule has 0 aromatic rings. The quantitative estimate of drug-likeness (QED) is 0.716. The van der Waals surface area contributed by atoms with Crippen molar-refractivity contribution in [2.45, 2.75) is 51.0 Å². The predicted molar refractivity (Wildman–Crippen MR) is 108 cm³/mol. The van der Waals surface area contributed by atoms with E-state index < -0.39 is 5.60 Å². The predicted octanol–water partition coefficient (Wildman–Crippen LogP) is 2.57. The molecule has 2 rings (SSSR count). The lowest BCUT2D eigenvalue weighted by Crippen LogP contribution is -2.56. The lowest BCUT2D eigenvalue weighted by atomic mass is 9.88. The zero-order chi connectivity index (χ0) is 16.7. The molecule has 1 N–H and O–H groups in total. The Labute approximate surface area is 166 Å². The second kappa shape index (κ2) is 12.3. The van der Waals surface area contributed by atoms with Gasteiger partial charge in [0.05, 0.1) is 0 Å². The average Bonchev–Trinajstić information content (AvgIpc) is 2.60. The van der Waals surface area contributed by atoms with Gasteiger partial charge in [-0.15, -0.1) is 24.8 Å². The van der Waals surface area contributed by atoms with E-state index in [0.29, 0.717) is 0 Å². The first-order chi connectivity index (χ1) is 11.1. The molecule has 2 fully saturated rings. The number of hydrogen-bond donors (Lipinski definition) is 1. The van der Waals surface area contributed by atoms with Gasteiger partial charge in [-0.25, -0.2) is 0 Å². The fraction of sp³-hybridized carbons (Fsp3) is 0.944. The molecule has 0 radical (unpaired) electrons. The maximum Gasteiger partial charge on any atom is 0.254 e. The van der Waals surface area contributed by atoms with Crippen molar-refractivity contribution in [3.63, 3.8) is 0 Å². The summed E-state index contributed by atoms with van der Waals surface area (Å²) in [6, 6.07) is 0. The maximum atomic E-state index is 12.9. The third kappa shape index (κ3) is 6.87. The van der Waals surface area contributed by atoms with Gasteiger partial charge in [0.2, 0.25) is 0 Å². The summed E-state index contributed by atoms with van der Waals surface area (Å²) in [7, 11) is 3.92. The van der Waals surface area contributed by atoms with E-state index in [9.17, 15) is 4.79 Å². The molecule has 0 aromatic carbocycles. The number of methoxy groups -OCH3 is 1. The minimum Gasteiger partial charge on any atom is -0.368 e. The Hall–Kier alpha value is -0.0700. The molecule has 0 spiro atoms. The number of carbonyl (C=O) groups excluding carboxylic acids is 1. The summed E-state index contributed by atoms with van der Waals surface area (Å²) >= 11 is 0. The van der Waals surface area contributed by atoms with Crippen LogP contribution in [-0.4, -0.2) is 74.7 Å². The van der Waals surface area contributed by atoms with Crippen molar-refractivity contribution >= 4 is 30.7 Å². The number of carbonyl (C=O) groups is 1. The van der Waals surface area contributed by atoms with Crippen LogP contribution in [0.3, 0.4) is 0 Å². The number of hydrogen-bond acceptors (Lipinski definition) is 4. The lowest BCUT2D eigenvalue weighted by molar-refractivity contribution is -0.159. The molecule has 150 valence electrons. The van der Waals surface area contributed by atoms with Gasteiger partial charge in [0.25, 0.3) is 5.91 Å². The first-order valence-electron chi connectivity index (χ1n) is 9.35. The Morgan fingerprint density at radius 3 is 2.36 bits per heavy atom. The molecule has 0 saturated carbocycles. The molecule has 25 heavy (non-hydrogen) atoms. The van der Waals surface area contributed by atoms with Gasteiger partial charge in [0.15, 0.2) is 0 Å². The van der Waals surface area contributed by atoms with Crippen molar-refractivity contribution in [1.29, 1.82) is 0 Å². The second-order valence-corrected chi connectivity index (χ2v) is 7.30. The summed E-state index contributed by atoms with van der Waals surface area (Å²) in [5.74, 6) is 0.951. The lowest BCUT2D eigenvalue weighted by Gasteiger charge is -2.41. The van der Waals surface area contributed by atoms with Crippen LogP contribution in [0.1, 0.15) is 45.4 Å². The number of likely N-dealkylation sites (tertiary alicyclic amines) is 1. The van der Waals surface area contributed by atoms with Gasteiger partial charge in [0.1, 0.15) is 5.60 Å². The van der Waals surface area contributed by atoms with Crippen molar-refractivity contribution in [3.8, 4) is 0 Å². The Kier molecular flexibility index (Phi) is 12.3. The normalized spacial score (nSPS) is 20.7. The summed E-state index contributed by atoms with van der Waals surface area (Å²) in [5, 5.41) is 3.32. The largest absolute Gasteiger partial charge is 0.368 e. The average molecular weight is 398 g/mol. The van der Waals surface area contributed by atoms with Crippen LogP contribution in [0, 0.1) is 5.92 Å². The summed E-state index contributed by atoms with van der Waals surface area (Å²) in [5.41, 5.74) is -0.573. The van der Waals surface area contributed by atoms with E-state index in [1.807, 2.05) is 0 Å². The Morgan fingerprint density at radius 1 is 1.24 bits per heavy atom. The van der Waals surface area contributed by atoms with Crippen LogP contribution in [0.4, 0.5) is 0 Å². The van der Waals surface area contributed by atoms with Crippen LogP contribution in [0.25, 0.3) is 0 Å². The Bertz CT molecular complexity index is 371. The van der Waals surface area contributed by atoms with Gasteiger partial charge in [-0.05, 0) is 64.7 Å². The molecular formula is C18H37Cl2N3O2. The minimum atomic E-state index is -0.573. The van der Waals surface area contributed by atoms with E-state index in [1.54, 1.807) is 7.11 Å².